The Morgan fingerprint density at radius 3 is 3.22 bits per heavy atom. The van der Waals surface area contributed by atoms with E-state index in [0.29, 0.717) is 19.4 Å². The normalized spacial score (nSPS) is 31.8. The first kappa shape index (κ1) is 5.27. The smallest absolute Gasteiger partial charge is 0.305 e. The molecule has 0 aromatic carbocycles. The highest BCUT2D eigenvalue weighted by atomic mass is 16.5. The maximum atomic E-state index is 10.7. The second-order valence-electron chi connectivity index (χ2n) is 2.19. The third-order valence-electron chi connectivity index (χ3n) is 1.37. The number of rotatable bonds is 0. The zero-order valence-electron chi connectivity index (χ0n) is 6.43. The molecule has 52 valence electrons. The minimum Gasteiger partial charge on any atom is -0.466 e. The third kappa shape index (κ3) is 2.49. The van der Waals surface area contributed by atoms with Crippen LogP contribution < -0.4 is 0 Å². The van der Waals surface area contributed by atoms with E-state index in [1.165, 1.54) is 0 Å². The quantitative estimate of drug-likeness (QED) is 0.463. The van der Waals surface area contributed by atoms with Gasteiger partial charge in [0.2, 0.25) is 0 Å². The molecule has 2 nitrogen and oxygen atoms in total. The summed E-state index contributed by atoms with van der Waals surface area (Å²) in [4.78, 5) is 10.7. The molecule has 9 heavy (non-hydrogen) atoms. The number of hydrogen-bond acceptors (Lipinski definition) is 2. The zero-order valence-corrected chi connectivity index (χ0v) is 5.43. The summed E-state index contributed by atoms with van der Waals surface area (Å²) in [6, 6.07) is 0. The molecule has 0 radical (unpaired) electrons. The molecular formula is C7H12O2. The topological polar surface area (TPSA) is 26.3 Å². The van der Waals surface area contributed by atoms with Gasteiger partial charge in [-0.2, -0.15) is 0 Å². The van der Waals surface area contributed by atoms with Gasteiger partial charge in [0.1, 0.15) is 0 Å². The Morgan fingerprint density at radius 2 is 2.33 bits per heavy atom. The molecule has 0 bridgehead atoms. The fraction of sp³-hybridized carbons (Fsp3) is 0.857. The van der Waals surface area contributed by atoms with Crippen LogP contribution in [0.5, 0.6) is 0 Å². The lowest BCUT2D eigenvalue weighted by Gasteiger charge is -2.07. The van der Waals surface area contributed by atoms with Crippen LogP contribution >= 0.6 is 0 Å². The first-order chi connectivity index (χ1) is 4.79. The van der Waals surface area contributed by atoms with Crippen LogP contribution in [-0.2, 0) is 9.53 Å². The van der Waals surface area contributed by atoms with E-state index in [2.05, 4.69) is 0 Å². The monoisotopic (exact) mass is 129 g/mol. The van der Waals surface area contributed by atoms with Gasteiger partial charge in [-0.1, -0.05) is 12.8 Å². The van der Waals surface area contributed by atoms with Crippen LogP contribution in [0.1, 0.15) is 33.5 Å². The fourth-order valence-corrected chi connectivity index (χ4v) is 0.850. The summed E-state index contributed by atoms with van der Waals surface area (Å²) in [6.45, 7) is 0.508. The molecule has 0 saturated carbocycles. The molecule has 1 aliphatic heterocycles. The lowest BCUT2D eigenvalue weighted by atomic mass is 10.1. The molecule has 1 heterocycles. The van der Waals surface area contributed by atoms with E-state index in [9.17, 15) is 4.79 Å². The van der Waals surface area contributed by atoms with Gasteiger partial charge in [0.25, 0.3) is 0 Å². The van der Waals surface area contributed by atoms with Gasteiger partial charge in [-0.3, -0.25) is 4.79 Å². The van der Waals surface area contributed by atoms with Crippen molar-refractivity contribution in [1.29, 1.82) is 0 Å². The first-order valence-corrected chi connectivity index (χ1v) is 3.37. The van der Waals surface area contributed by atoms with Crippen molar-refractivity contribution in [1.82, 2.24) is 0 Å². The second kappa shape index (κ2) is 3.49. The van der Waals surface area contributed by atoms with Crippen LogP contribution in [0.2, 0.25) is 0 Å². The van der Waals surface area contributed by atoms with Gasteiger partial charge in [-0.05, 0) is 12.8 Å². The van der Waals surface area contributed by atoms with E-state index >= 15 is 0 Å². The number of hydrogen-bond donors (Lipinski definition) is 0. The molecule has 1 unspecified atom stereocenters. The average molecular weight is 129 g/mol. The summed E-state index contributed by atoms with van der Waals surface area (Å²) >= 11 is 0. The van der Waals surface area contributed by atoms with E-state index in [-0.39, 0.29) is 12.4 Å². The molecule has 1 rings (SSSR count). The van der Waals surface area contributed by atoms with Crippen LogP contribution in [0.3, 0.4) is 0 Å². The number of carbonyl (C=O) groups is 1. The Balaban J connectivity index is 2.29. The number of ether oxygens (including phenoxy) is 1. The largest absolute Gasteiger partial charge is 0.466 e. The minimum atomic E-state index is -0.142. The lowest BCUT2D eigenvalue weighted by molar-refractivity contribution is -0.144. The van der Waals surface area contributed by atoms with Crippen LogP contribution in [0.25, 0.3) is 0 Å². The third-order valence-corrected chi connectivity index (χ3v) is 1.37. The van der Waals surface area contributed by atoms with Crippen molar-refractivity contribution < 1.29 is 10.9 Å². The van der Waals surface area contributed by atoms with Gasteiger partial charge < -0.3 is 4.74 Å². The molecule has 0 aromatic heterocycles. The van der Waals surface area contributed by atoms with Crippen molar-refractivity contribution in [3.05, 3.63) is 0 Å². The van der Waals surface area contributed by atoms with E-state index in [1.807, 2.05) is 0 Å². The number of esters is 1. The van der Waals surface area contributed by atoms with Crippen molar-refractivity contribution >= 4 is 5.97 Å². The number of carbonyl (C=O) groups excluding carboxylic acids is 1. The SMILES string of the molecule is [2H]C1CCCOC(=O)CC1. The fourth-order valence-electron chi connectivity index (χ4n) is 0.850. The summed E-state index contributed by atoms with van der Waals surface area (Å²) < 4.78 is 12.2. The summed E-state index contributed by atoms with van der Waals surface area (Å²) in [5, 5.41) is 0. The molecule has 0 aliphatic carbocycles. The second-order valence-corrected chi connectivity index (χ2v) is 2.19. The van der Waals surface area contributed by atoms with Crippen molar-refractivity contribution in [2.75, 3.05) is 6.61 Å². The summed E-state index contributed by atoms with van der Waals surface area (Å²) in [6.07, 6.45) is 2.76. The van der Waals surface area contributed by atoms with Crippen LogP contribution in [0, 0.1) is 0 Å². The molecular weight excluding hydrogens is 116 g/mol. The molecule has 1 saturated heterocycles. The molecule has 0 aromatic rings. The Labute approximate surface area is 56.6 Å². The Bertz CT molecular complexity index is 125. The van der Waals surface area contributed by atoms with Gasteiger partial charge in [-0.15, -0.1) is 0 Å². The van der Waals surface area contributed by atoms with E-state index in [0.717, 1.165) is 12.8 Å². The summed E-state index contributed by atoms with van der Waals surface area (Å²) in [7, 11) is 0. The maximum absolute atomic E-state index is 10.7. The van der Waals surface area contributed by atoms with Gasteiger partial charge >= 0.3 is 5.97 Å². The van der Waals surface area contributed by atoms with E-state index < -0.39 is 0 Å². The lowest BCUT2D eigenvalue weighted by Crippen LogP contribution is -2.07. The van der Waals surface area contributed by atoms with Gasteiger partial charge in [0, 0.05) is 7.79 Å². The van der Waals surface area contributed by atoms with Crippen molar-refractivity contribution in [3.63, 3.8) is 0 Å². The summed E-state index contributed by atoms with van der Waals surface area (Å²) in [5.41, 5.74) is 0. The zero-order chi connectivity index (χ0) is 7.40. The standard InChI is InChI=1S/C7H12O2/c8-7-5-3-1-2-4-6-9-7/h1-6H2/i1D. The van der Waals surface area contributed by atoms with Gasteiger partial charge in [-0.25, -0.2) is 0 Å². The molecule has 1 fully saturated rings. The molecule has 0 spiro atoms. The molecule has 0 N–H and O–H groups in total. The molecule has 1 aliphatic rings. The van der Waals surface area contributed by atoms with Crippen LogP contribution in [0.15, 0.2) is 0 Å². The highest BCUT2D eigenvalue weighted by Gasteiger charge is 2.04. The molecule has 2 heteroatoms. The molecule has 1 atom stereocenters. The predicted octanol–water partition coefficient (Wildman–Crippen LogP) is 1.49. The van der Waals surface area contributed by atoms with E-state index in [4.69, 9.17) is 6.11 Å². The van der Waals surface area contributed by atoms with Crippen molar-refractivity contribution in [3.8, 4) is 0 Å². The van der Waals surface area contributed by atoms with E-state index in [1.54, 1.807) is 0 Å². The average Bonchev–Trinajstić information content (AvgIpc) is 1.90. The summed E-state index contributed by atoms with van der Waals surface area (Å²) in [5.74, 6) is -0.142. The van der Waals surface area contributed by atoms with Crippen molar-refractivity contribution in [2.45, 2.75) is 32.1 Å². The van der Waals surface area contributed by atoms with Crippen molar-refractivity contribution in [2.24, 2.45) is 0 Å². The highest BCUT2D eigenvalue weighted by Crippen LogP contribution is 2.07. The highest BCUT2D eigenvalue weighted by molar-refractivity contribution is 5.69. The maximum Gasteiger partial charge on any atom is 0.305 e. The van der Waals surface area contributed by atoms with Gasteiger partial charge in [0.05, 0.1) is 6.61 Å². The van der Waals surface area contributed by atoms with Crippen LogP contribution in [0.4, 0.5) is 0 Å². The molecule has 0 amide bonds. The predicted molar refractivity (Wildman–Crippen MR) is 34.0 cm³/mol. The first-order valence-electron chi connectivity index (χ1n) is 3.94. The van der Waals surface area contributed by atoms with Gasteiger partial charge in [0.15, 0.2) is 0 Å². The Kier molecular flexibility index (Phi) is 2.04. The Hall–Kier alpha value is -0.530. The number of cyclic esters (lactones) is 1. The van der Waals surface area contributed by atoms with Crippen LogP contribution in [-0.4, -0.2) is 12.6 Å². The minimum absolute atomic E-state index is 0.0483. The Morgan fingerprint density at radius 1 is 1.44 bits per heavy atom.